The molecule has 0 aromatic rings. The van der Waals surface area contributed by atoms with Gasteiger partial charge in [0, 0.05) is 18.5 Å². The summed E-state index contributed by atoms with van der Waals surface area (Å²) in [6.07, 6.45) is 4.57. The van der Waals surface area contributed by atoms with Crippen molar-refractivity contribution in [2.24, 2.45) is 17.3 Å². The molecule has 120 valence electrons. The zero-order valence-corrected chi connectivity index (χ0v) is 14.7. The number of nitrogens with one attached hydrogen (secondary N) is 1. The second-order valence-electron chi connectivity index (χ2n) is 7.11. The molecule has 0 radical (unpaired) electrons. The lowest BCUT2D eigenvalue weighted by atomic mass is 9.81. The van der Waals surface area contributed by atoms with Crippen LogP contribution in [0.3, 0.4) is 0 Å². The summed E-state index contributed by atoms with van der Waals surface area (Å²) < 4.78 is 0. The summed E-state index contributed by atoms with van der Waals surface area (Å²) in [7, 11) is 2.01. The molecule has 0 bridgehead atoms. The summed E-state index contributed by atoms with van der Waals surface area (Å²) in [5.41, 5.74) is -0.202. The SMILES string of the molecule is CNCCC1CCN(C(=O)C(C)(C)CC(C)C)CC1.Cl. The molecule has 0 atom stereocenters. The minimum absolute atomic E-state index is 0. The lowest BCUT2D eigenvalue weighted by Gasteiger charge is -2.37. The highest BCUT2D eigenvalue weighted by Crippen LogP contribution is 2.30. The second kappa shape index (κ2) is 8.89. The molecule has 1 saturated heterocycles. The van der Waals surface area contributed by atoms with Gasteiger partial charge in [0.2, 0.25) is 5.91 Å². The maximum Gasteiger partial charge on any atom is 0.228 e. The number of rotatable bonds is 6. The van der Waals surface area contributed by atoms with Gasteiger partial charge in [-0.1, -0.05) is 27.7 Å². The normalized spacial score (nSPS) is 17.2. The molecule has 1 fully saturated rings. The Morgan fingerprint density at radius 3 is 2.30 bits per heavy atom. The van der Waals surface area contributed by atoms with Gasteiger partial charge in [-0.05, 0) is 51.1 Å². The van der Waals surface area contributed by atoms with Crippen LogP contribution in [0.1, 0.15) is 53.4 Å². The highest BCUT2D eigenvalue weighted by Gasteiger charge is 2.34. The van der Waals surface area contributed by atoms with E-state index in [1.807, 2.05) is 7.05 Å². The van der Waals surface area contributed by atoms with E-state index in [0.29, 0.717) is 11.8 Å². The van der Waals surface area contributed by atoms with E-state index in [1.165, 1.54) is 19.3 Å². The molecule has 0 spiro atoms. The fraction of sp³-hybridized carbons (Fsp3) is 0.938. The fourth-order valence-electron chi connectivity index (χ4n) is 3.31. The Morgan fingerprint density at radius 1 is 1.30 bits per heavy atom. The van der Waals surface area contributed by atoms with Crippen molar-refractivity contribution < 1.29 is 4.79 Å². The number of hydrogen-bond acceptors (Lipinski definition) is 2. The molecule has 0 aliphatic carbocycles. The van der Waals surface area contributed by atoms with Crippen LogP contribution < -0.4 is 5.32 Å². The standard InChI is InChI=1S/C16H32N2O.ClH/c1-13(2)12-16(3,4)15(19)18-10-7-14(8-11-18)6-9-17-5;/h13-14,17H,6-12H2,1-5H3;1H. The number of piperidine rings is 1. The van der Waals surface area contributed by atoms with Crippen molar-refractivity contribution in [3.63, 3.8) is 0 Å². The van der Waals surface area contributed by atoms with E-state index in [4.69, 9.17) is 0 Å². The molecule has 1 heterocycles. The smallest absolute Gasteiger partial charge is 0.228 e. The van der Waals surface area contributed by atoms with Crippen LogP contribution in [0.25, 0.3) is 0 Å². The van der Waals surface area contributed by atoms with E-state index in [9.17, 15) is 4.79 Å². The lowest BCUT2D eigenvalue weighted by Crippen LogP contribution is -2.45. The molecule has 1 aliphatic heterocycles. The number of carbonyl (C=O) groups is 1. The van der Waals surface area contributed by atoms with Crippen LogP contribution in [0.4, 0.5) is 0 Å². The van der Waals surface area contributed by atoms with Crippen molar-refractivity contribution in [1.29, 1.82) is 0 Å². The Bertz CT molecular complexity index is 284. The zero-order valence-electron chi connectivity index (χ0n) is 13.9. The summed E-state index contributed by atoms with van der Waals surface area (Å²) in [5, 5.41) is 3.21. The van der Waals surface area contributed by atoms with Crippen molar-refractivity contribution in [2.45, 2.75) is 53.4 Å². The van der Waals surface area contributed by atoms with Gasteiger partial charge in [0.15, 0.2) is 0 Å². The van der Waals surface area contributed by atoms with Gasteiger partial charge in [-0.25, -0.2) is 0 Å². The summed E-state index contributed by atoms with van der Waals surface area (Å²) in [6.45, 7) is 11.6. The number of carbonyl (C=O) groups excluding carboxylic acids is 1. The monoisotopic (exact) mass is 304 g/mol. The van der Waals surface area contributed by atoms with E-state index < -0.39 is 0 Å². The molecule has 0 saturated carbocycles. The molecule has 20 heavy (non-hydrogen) atoms. The van der Waals surface area contributed by atoms with Crippen LogP contribution in [-0.2, 0) is 4.79 Å². The van der Waals surface area contributed by atoms with Crippen molar-refractivity contribution in [3.05, 3.63) is 0 Å². The second-order valence-corrected chi connectivity index (χ2v) is 7.11. The molecule has 1 rings (SSSR count). The Balaban J connectivity index is 0.00000361. The van der Waals surface area contributed by atoms with Crippen molar-refractivity contribution in [3.8, 4) is 0 Å². The van der Waals surface area contributed by atoms with Crippen LogP contribution in [0.15, 0.2) is 0 Å². The molecule has 0 unspecified atom stereocenters. The Hall–Kier alpha value is -0.280. The van der Waals surface area contributed by atoms with Crippen molar-refractivity contribution in [2.75, 3.05) is 26.7 Å². The largest absolute Gasteiger partial charge is 0.342 e. The summed E-state index contributed by atoms with van der Waals surface area (Å²) >= 11 is 0. The number of amides is 1. The van der Waals surface area contributed by atoms with Crippen molar-refractivity contribution in [1.82, 2.24) is 10.2 Å². The zero-order chi connectivity index (χ0) is 14.5. The number of halogens is 1. The fourth-order valence-corrected chi connectivity index (χ4v) is 3.31. The predicted molar refractivity (Wildman–Crippen MR) is 88.3 cm³/mol. The van der Waals surface area contributed by atoms with Crippen LogP contribution >= 0.6 is 12.4 Å². The predicted octanol–water partition coefficient (Wildman–Crippen LogP) is 3.33. The summed E-state index contributed by atoms with van der Waals surface area (Å²) in [4.78, 5) is 14.7. The van der Waals surface area contributed by atoms with Gasteiger partial charge < -0.3 is 10.2 Å². The van der Waals surface area contributed by atoms with Crippen LogP contribution in [0.5, 0.6) is 0 Å². The van der Waals surface area contributed by atoms with Crippen LogP contribution in [-0.4, -0.2) is 37.5 Å². The van der Waals surface area contributed by atoms with E-state index in [2.05, 4.69) is 37.9 Å². The topological polar surface area (TPSA) is 32.3 Å². The maximum atomic E-state index is 12.6. The van der Waals surface area contributed by atoms with Gasteiger partial charge in [0.1, 0.15) is 0 Å². The molecular formula is C16H33ClN2O. The highest BCUT2D eigenvalue weighted by atomic mass is 35.5. The van der Waals surface area contributed by atoms with E-state index in [1.54, 1.807) is 0 Å². The third-order valence-corrected chi connectivity index (χ3v) is 4.20. The van der Waals surface area contributed by atoms with Gasteiger partial charge >= 0.3 is 0 Å². The minimum atomic E-state index is -0.202. The van der Waals surface area contributed by atoms with Gasteiger partial charge in [-0.3, -0.25) is 4.79 Å². The molecule has 0 aromatic heterocycles. The number of nitrogens with zero attached hydrogens (tertiary/aromatic N) is 1. The molecule has 1 N–H and O–H groups in total. The van der Waals surface area contributed by atoms with Gasteiger partial charge in [-0.2, -0.15) is 0 Å². The minimum Gasteiger partial charge on any atom is -0.342 e. The summed E-state index contributed by atoms with van der Waals surface area (Å²) in [5.74, 6) is 1.73. The number of hydrogen-bond donors (Lipinski definition) is 1. The maximum absolute atomic E-state index is 12.6. The van der Waals surface area contributed by atoms with E-state index in [-0.39, 0.29) is 17.8 Å². The van der Waals surface area contributed by atoms with Gasteiger partial charge in [0.25, 0.3) is 0 Å². The van der Waals surface area contributed by atoms with Gasteiger partial charge in [0.05, 0.1) is 0 Å². The first-order valence-corrected chi connectivity index (χ1v) is 7.80. The van der Waals surface area contributed by atoms with Crippen LogP contribution in [0.2, 0.25) is 0 Å². The Kier molecular flexibility index (Phi) is 8.76. The van der Waals surface area contributed by atoms with Gasteiger partial charge in [-0.15, -0.1) is 12.4 Å². The molecule has 4 heteroatoms. The third-order valence-electron chi connectivity index (χ3n) is 4.20. The average Bonchev–Trinajstić information content (AvgIpc) is 2.34. The Morgan fingerprint density at radius 2 is 1.85 bits per heavy atom. The third kappa shape index (κ3) is 6.01. The molecular weight excluding hydrogens is 272 g/mol. The van der Waals surface area contributed by atoms with E-state index in [0.717, 1.165) is 32.0 Å². The Labute approximate surface area is 131 Å². The molecule has 1 amide bonds. The highest BCUT2D eigenvalue weighted by molar-refractivity contribution is 5.85. The average molecular weight is 305 g/mol. The summed E-state index contributed by atoms with van der Waals surface area (Å²) in [6, 6.07) is 0. The quantitative estimate of drug-likeness (QED) is 0.816. The first kappa shape index (κ1) is 19.7. The molecule has 0 aromatic carbocycles. The van der Waals surface area contributed by atoms with Crippen LogP contribution in [0, 0.1) is 17.3 Å². The number of likely N-dealkylation sites (tertiary alicyclic amines) is 1. The molecule has 1 aliphatic rings. The first-order valence-electron chi connectivity index (χ1n) is 7.80. The van der Waals surface area contributed by atoms with E-state index >= 15 is 0 Å². The molecule has 3 nitrogen and oxygen atoms in total. The van der Waals surface area contributed by atoms with Crippen molar-refractivity contribution >= 4 is 18.3 Å². The lowest BCUT2D eigenvalue weighted by molar-refractivity contribution is -0.142. The first-order chi connectivity index (χ1) is 8.86.